The Bertz CT molecular complexity index is 1240. The molecule has 0 unspecified atom stereocenters. The molecule has 35 heavy (non-hydrogen) atoms. The Balaban J connectivity index is 1.41. The van der Waals surface area contributed by atoms with Crippen LogP contribution in [0.15, 0.2) is 66.7 Å². The van der Waals surface area contributed by atoms with Crippen LogP contribution in [0.5, 0.6) is 0 Å². The number of alkyl carbamates (subject to hydrolysis) is 1. The number of anilines is 1. The van der Waals surface area contributed by atoms with Crippen LogP contribution in [-0.2, 0) is 9.53 Å². The third-order valence-electron chi connectivity index (χ3n) is 6.03. The SMILES string of the molecule is CC(C)[C@@H](NC(=O)OCC1c2ccccc2-c2ccccc21)C(=O)Nc1ccc(C(=O)O)c(Cl)c1. The second-order valence-electron chi connectivity index (χ2n) is 8.68. The maximum absolute atomic E-state index is 12.9. The van der Waals surface area contributed by atoms with E-state index in [1.807, 2.05) is 36.4 Å². The predicted molar refractivity (Wildman–Crippen MR) is 134 cm³/mol. The highest BCUT2D eigenvalue weighted by atomic mass is 35.5. The number of carboxylic acids is 1. The van der Waals surface area contributed by atoms with E-state index in [0.29, 0.717) is 5.69 Å². The van der Waals surface area contributed by atoms with Crippen molar-refractivity contribution in [2.24, 2.45) is 5.92 Å². The van der Waals surface area contributed by atoms with Gasteiger partial charge in [-0.1, -0.05) is 74.0 Å². The quantitative estimate of drug-likeness (QED) is 0.401. The first-order chi connectivity index (χ1) is 16.8. The fraction of sp³-hybridized carbons (Fsp3) is 0.222. The Hall–Kier alpha value is -3.84. The van der Waals surface area contributed by atoms with E-state index in [1.54, 1.807) is 13.8 Å². The summed E-state index contributed by atoms with van der Waals surface area (Å²) in [6.45, 7) is 3.74. The van der Waals surface area contributed by atoms with Gasteiger partial charge in [-0.3, -0.25) is 4.79 Å². The first kappa shape index (κ1) is 24.3. The average molecular weight is 493 g/mol. The van der Waals surface area contributed by atoms with Gasteiger partial charge < -0.3 is 20.5 Å². The number of amides is 2. The Morgan fingerprint density at radius 2 is 1.57 bits per heavy atom. The van der Waals surface area contributed by atoms with Crippen molar-refractivity contribution in [2.75, 3.05) is 11.9 Å². The summed E-state index contributed by atoms with van der Waals surface area (Å²) in [6, 6.07) is 19.3. The van der Waals surface area contributed by atoms with Gasteiger partial charge in [-0.15, -0.1) is 0 Å². The van der Waals surface area contributed by atoms with Crippen molar-refractivity contribution in [3.8, 4) is 11.1 Å². The maximum Gasteiger partial charge on any atom is 0.407 e. The zero-order valence-electron chi connectivity index (χ0n) is 19.2. The minimum Gasteiger partial charge on any atom is -0.478 e. The molecular weight excluding hydrogens is 468 g/mol. The molecule has 0 heterocycles. The molecule has 1 aliphatic rings. The molecule has 0 fully saturated rings. The lowest BCUT2D eigenvalue weighted by Crippen LogP contribution is -2.47. The highest BCUT2D eigenvalue weighted by Gasteiger charge is 2.30. The highest BCUT2D eigenvalue weighted by molar-refractivity contribution is 6.33. The number of halogens is 1. The number of benzene rings is 3. The van der Waals surface area contributed by atoms with E-state index in [1.165, 1.54) is 18.2 Å². The molecule has 0 bridgehead atoms. The van der Waals surface area contributed by atoms with Gasteiger partial charge in [-0.05, 0) is 46.4 Å². The third-order valence-corrected chi connectivity index (χ3v) is 6.35. The highest BCUT2D eigenvalue weighted by Crippen LogP contribution is 2.44. The number of carbonyl (C=O) groups is 3. The molecule has 4 rings (SSSR count). The van der Waals surface area contributed by atoms with Crippen molar-refractivity contribution < 1.29 is 24.2 Å². The number of rotatable bonds is 7. The Kier molecular flexibility index (Phi) is 7.07. The van der Waals surface area contributed by atoms with Gasteiger partial charge in [0.15, 0.2) is 0 Å². The minimum atomic E-state index is -1.16. The second-order valence-corrected chi connectivity index (χ2v) is 9.09. The molecule has 3 aromatic carbocycles. The van der Waals surface area contributed by atoms with Gasteiger partial charge >= 0.3 is 12.1 Å². The normalized spacial score (nSPS) is 13.0. The van der Waals surface area contributed by atoms with Crippen molar-refractivity contribution >= 4 is 35.3 Å². The van der Waals surface area contributed by atoms with E-state index >= 15 is 0 Å². The third kappa shape index (κ3) is 5.15. The van der Waals surface area contributed by atoms with Crippen molar-refractivity contribution in [3.63, 3.8) is 0 Å². The average Bonchev–Trinajstić information content (AvgIpc) is 3.14. The van der Waals surface area contributed by atoms with E-state index in [4.69, 9.17) is 21.4 Å². The van der Waals surface area contributed by atoms with Gasteiger partial charge in [-0.2, -0.15) is 0 Å². The number of hydrogen-bond acceptors (Lipinski definition) is 4. The molecule has 3 N–H and O–H groups in total. The molecule has 0 saturated heterocycles. The molecule has 180 valence electrons. The van der Waals surface area contributed by atoms with Gasteiger partial charge in [0, 0.05) is 11.6 Å². The van der Waals surface area contributed by atoms with Crippen LogP contribution in [0.3, 0.4) is 0 Å². The molecular formula is C27H25ClN2O5. The van der Waals surface area contributed by atoms with Gasteiger partial charge in [0.2, 0.25) is 5.91 Å². The molecule has 0 spiro atoms. The zero-order chi connectivity index (χ0) is 25.1. The van der Waals surface area contributed by atoms with Crippen LogP contribution in [0.1, 0.15) is 41.3 Å². The molecule has 7 nitrogen and oxygen atoms in total. The van der Waals surface area contributed by atoms with Gasteiger partial charge in [0.05, 0.1) is 10.6 Å². The first-order valence-corrected chi connectivity index (χ1v) is 11.6. The van der Waals surface area contributed by atoms with Crippen molar-refractivity contribution in [3.05, 3.63) is 88.4 Å². The molecule has 0 saturated carbocycles. The monoisotopic (exact) mass is 492 g/mol. The lowest BCUT2D eigenvalue weighted by molar-refractivity contribution is -0.119. The van der Waals surface area contributed by atoms with Crippen LogP contribution in [-0.4, -0.2) is 35.7 Å². The standard InChI is InChI=1S/C27H25ClN2O5/c1-15(2)24(25(31)29-16-11-12-21(26(32)33)23(28)13-16)30-27(34)35-14-22-19-9-5-3-7-17(19)18-8-4-6-10-20(18)22/h3-13,15,22,24H,14H2,1-2H3,(H,29,31)(H,30,34)(H,32,33)/t24-/m1/s1. The summed E-state index contributed by atoms with van der Waals surface area (Å²) in [7, 11) is 0. The summed E-state index contributed by atoms with van der Waals surface area (Å²) < 4.78 is 5.57. The van der Waals surface area contributed by atoms with Crippen molar-refractivity contribution in [1.29, 1.82) is 0 Å². The van der Waals surface area contributed by atoms with E-state index in [9.17, 15) is 14.4 Å². The van der Waals surface area contributed by atoms with Crippen molar-refractivity contribution in [1.82, 2.24) is 5.32 Å². The number of nitrogens with one attached hydrogen (secondary N) is 2. The fourth-order valence-electron chi connectivity index (χ4n) is 4.29. The summed E-state index contributed by atoms with van der Waals surface area (Å²) in [5.74, 6) is -1.95. The molecule has 0 radical (unpaired) electrons. The minimum absolute atomic E-state index is 0.000826. The lowest BCUT2D eigenvalue weighted by Gasteiger charge is -2.22. The number of fused-ring (bicyclic) bond motifs is 3. The summed E-state index contributed by atoms with van der Waals surface area (Å²) in [4.78, 5) is 36.7. The zero-order valence-corrected chi connectivity index (χ0v) is 20.0. The summed E-state index contributed by atoms with van der Waals surface area (Å²) >= 11 is 5.99. The Labute approximate surface area is 208 Å². The fourth-order valence-corrected chi connectivity index (χ4v) is 4.55. The number of hydrogen-bond donors (Lipinski definition) is 3. The van der Waals surface area contributed by atoms with E-state index in [-0.39, 0.29) is 29.0 Å². The van der Waals surface area contributed by atoms with Gasteiger partial charge in [-0.25, -0.2) is 9.59 Å². The molecule has 0 aromatic heterocycles. The van der Waals surface area contributed by atoms with E-state index in [2.05, 4.69) is 22.8 Å². The van der Waals surface area contributed by atoms with E-state index < -0.39 is 24.0 Å². The van der Waals surface area contributed by atoms with Crippen LogP contribution < -0.4 is 10.6 Å². The van der Waals surface area contributed by atoms with Gasteiger partial charge in [0.1, 0.15) is 12.6 Å². The van der Waals surface area contributed by atoms with Crippen LogP contribution in [0.2, 0.25) is 5.02 Å². The molecule has 1 atom stereocenters. The Morgan fingerprint density at radius 3 is 2.11 bits per heavy atom. The summed E-state index contributed by atoms with van der Waals surface area (Å²) in [5.41, 5.74) is 4.71. The second kappa shape index (κ2) is 10.2. The van der Waals surface area contributed by atoms with Crippen LogP contribution >= 0.6 is 11.6 Å². The van der Waals surface area contributed by atoms with Crippen molar-refractivity contribution in [2.45, 2.75) is 25.8 Å². The van der Waals surface area contributed by atoms with Crippen LogP contribution in [0, 0.1) is 5.92 Å². The first-order valence-electron chi connectivity index (χ1n) is 11.2. The molecule has 0 aliphatic heterocycles. The molecule has 1 aliphatic carbocycles. The number of ether oxygens (including phenoxy) is 1. The maximum atomic E-state index is 12.9. The lowest BCUT2D eigenvalue weighted by atomic mass is 9.98. The molecule has 3 aromatic rings. The number of carboxylic acid groups (broad SMARTS) is 1. The number of aromatic carboxylic acids is 1. The smallest absolute Gasteiger partial charge is 0.407 e. The largest absolute Gasteiger partial charge is 0.478 e. The molecule has 8 heteroatoms. The predicted octanol–water partition coefficient (Wildman–Crippen LogP) is 5.54. The van der Waals surface area contributed by atoms with Gasteiger partial charge in [0.25, 0.3) is 0 Å². The topological polar surface area (TPSA) is 105 Å². The Morgan fingerprint density at radius 1 is 0.971 bits per heavy atom. The molecule has 2 amide bonds. The number of carbonyl (C=O) groups excluding carboxylic acids is 2. The van der Waals surface area contributed by atoms with Crippen LogP contribution in [0.4, 0.5) is 10.5 Å². The van der Waals surface area contributed by atoms with E-state index in [0.717, 1.165) is 22.3 Å². The van der Waals surface area contributed by atoms with Crippen LogP contribution in [0.25, 0.3) is 11.1 Å². The summed E-state index contributed by atoms with van der Waals surface area (Å²) in [6.07, 6.45) is -0.694. The summed E-state index contributed by atoms with van der Waals surface area (Å²) in [5, 5.41) is 14.4.